The summed E-state index contributed by atoms with van der Waals surface area (Å²) >= 11 is 1.18. The van der Waals surface area contributed by atoms with Gasteiger partial charge in [0.05, 0.1) is 19.5 Å². The number of hydrogen-bond donors (Lipinski definition) is 2. The lowest BCUT2D eigenvalue weighted by Crippen LogP contribution is -2.23. The van der Waals surface area contributed by atoms with E-state index in [1.165, 1.54) is 24.9 Å². The van der Waals surface area contributed by atoms with Gasteiger partial charge in [0.25, 0.3) is 5.56 Å². The Labute approximate surface area is 143 Å². The molecule has 0 aliphatic carbocycles. The van der Waals surface area contributed by atoms with Crippen LogP contribution in [0.4, 0.5) is 5.69 Å². The number of aromatic amines is 1. The van der Waals surface area contributed by atoms with Crippen LogP contribution in [0.1, 0.15) is 12.6 Å². The van der Waals surface area contributed by atoms with Crippen molar-refractivity contribution in [2.45, 2.75) is 24.3 Å². The number of carbonyl (C=O) groups is 1. The predicted molar refractivity (Wildman–Crippen MR) is 93.1 cm³/mol. The Balaban J connectivity index is 2.07. The molecule has 1 aromatic carbocycles. The number of aryl methyl sites for hydroxylation is 1. The number of thioether (sulfide) groups is 1. The first-order valence-electron chi connectivity index (χ1n) is 7.20. The lowest BCUT2D eigenvalue weighted by Gasteiger charge is -2.13. The van der Waals surface area contributed by atoms with Crippen LogP contribution < -0.4 is 20.3 Å². The fourth-order valence-corrected chi connectivity index (χ4v) is 2.84. The normalized spacial score (nSPS) is 11.7. The number of hydrogen-bond acceptors (Lipinski definition) is 6. The monoisotopic (exact) mass is 349 g/mol. The van der Waals surface area contributed by atoms with Crippen LogP contribution in [0.3, 0.4) is 0 Å². The number of benzene rings is 1. The molecule has 0 radical (unpaired) electrons. The molecule has 7 nitrogen and oxygen atoms in total. The molecule has 2 rings (SSSR count). The van der Waals surface area contributed by atoms with Gasteiger partial charge in [-0.15, -0.1) is 0 Å². The number of H-pyrrole nitrogens is 1. The molecule has 2 aromatic rings. The first kappa shape index (κ1) is 17.9. The Morgan fingerprint density at radius 1 is 1.25 bits per heavy atom. The molecule has 8 heteroatoms. The van der Waals surface area contributed by atoms with Gasteiger partial charge in [-0.3, -0.25) is 9.59 Å². The zero-order chi connectivity index (χ0) is 17.7. The Morgan fingerprint density at radius 2 is 1.96 bits per heavy atom. The molecule has 2 N–H and O–H groups in total. The van der Waals surface area contributed by atoms with E-state index in [1.54, 1.807) is 39.2 Å². The highest BCUT2D eigenvalue weighted by atomic mass is 32.2. The smallest absolute Gasteiger partial charge is 0.251 e. The summed E-state index contributed by atoms with van der Waals surface area (Å²) in [6.45, 7) is 3.47. The maximum absolute atomic E-state index is 12.3. The molecule has 0 saturated carbocycles. The van der Waals surface area contributed by atoms with Crippen molar-refractivity contribution >= 4 is 23.4 Å². The van der Waals surface area contributed by atoms with E-state index in [0.29, 0.717) is 28.0 Å². The standard InChI is InChI=1S/C16H19N3O4S/c1-9-7-14(20)19-16(17-9)24-10(2)15(21)18-11-5-6-12(22-3)13(8-11)23-4/h5-8,10H,1-4H3,(H,18,21)(H,17,19,20). The highest BCUT2D eigenvalue weighted by Gasteiger charge is 2.17. The highest BCUT2D eigenvalue weighted by molar-refractivity contribution is 8.00. The summed E-state index contributed by atoms with van der Waals surface area (Å²) in [4.78, 5) is 30.6. The molecule has 0 saturated heterocycles. The SMILES string of the molecule is COc1ccc(NC(=O)C(C)Sc2nc(C)cc(=O)[nH]2)cc1OC. The van der Waals surface area contributed by atoms with E-state index in [2.05, 4.69) is 15.3 Å². The van der Waals surface area contributed by atoms with Crippen molar-refractivity contribution in [3.63, 3.8) is 0 Å². The van der Waals surface area contributed by atoms with E-state index in [4.69, 9.17) is 9.47 Å². The average Bonchev–Trinajstić information content (AvgIpc) is 2.53. The molecule has 24 heavy (non-hydrogen) atoms. The van der Waals surface area contributed by atoms with E-state index >= 15 is 0 Å². The van der Waals surface area contributed by atoms with Crippen molar-refractivity contribution < 1.29 is 14.3 Å². The molecule has 1 aromatic heterocycles. The number of amides is 1. The van der Waals surface area contributed by atoms with Crippen molar-refractivity contribution in [2.24, 2.45) is 0 Å². The van der Waals surface area contributed by atoms with Crippen molar-refractivity contribution in [1.29, 1.82) is 0 Å². The molecule has 1 atom stereocenters. The van der Waals surface area contributed by atoms with Gasteiger partial charge >= 0.3 is 0 Å². The van der Waals surface area contributed by atoms with Crippen LogP contribution in [0.5, 0.6) is 11.5 Å². The van der Waals surface area contributed by atoms with E-state index in [0.717, 1.165) is 0 Å². The second-order valence-electron chi connectivity index (χ2n) is 5.01. The predicted octanol–water partition coefficient (Wildman–Crippen LogP) is 2.21. The van der Waals surface area contributed by atoms with Gasteiger partial charge in [0, 0.05) is 23.5 Å². The lowest BCUT2D eigenvalue weighted by atomic mass is 10.2. The molecular weight excluding hydrogens is 330 g/mol. The third-order valence-corrected chi connectivity index (χ3v) is 4.14. The number of rotatable bonds is 6. The second-order valence-corrected chi connectivity index (χ2v) is 6.34. The van der Waals surface area contributed by atoms with Crippen LogP contribution in [-0.2, 0) is 4.79 Å². The maximum atomic E-state index is 12.3. The molecule has 128 valence electrons. The molecule has 0 bridgehead atoms. The van der Waals surface area contributed by atoms with Gasteiger partial charge in [-0.2, -0.15) is 0 Å². The Bertz CT molecular complexity index is 791. The Kier molecular flexibility index (Phi) is 5.86. The summed E-state index contributed by atoms with van der Waals surface area (Å²) in [6, 6.07) is 6.52. The van der Waals surface area contributed by atoms with Crippen LogP contribution in [0.2, 0.25) is 0 Å². The second kappa shape index (κ2) is 7.87. The molecule has 0 aliphatic heterocycles. The topological polar surface area (TPSA) is 93.3 Å². The van der Waals surface area contributed by atoms with Gasteiger partial charge in [0.1, 0.15) is 0 Å². The largest absolute Gasteiger partial charge is 0.493 e. The van der Waals surface area contributed by atoms with Gasteiger partial charge in [-0.25, -0.2) is 4.98 Å². The minimum absolute atomic E-state index is 0.212. The number of ether oxygens (including phenoxy) is 2. The number of carbonyl (C=O) groups excluding carboxylic acids is 1. The van der Waals surface area contributed by atoms with Crippen molar-refractivity contribution in [2.75, 3.05) is 19.5 Å². The summed E-state index contributed by atoms with van der Waals surface area (Å²) in [5.41, 5.74) is 0.960. The number of methoxy groups -OCH3 is 2. The lowest BCUT2D eigenvalue weighted by molar-refractivity contribution is -0.115. The minimum Gasteiger partial charge on any atom is -0.493 e. The van der Waals surface area contributed by atoms with Crippen LogP contribution in [0.15, 0.2) is 34.2 Å². The van der Waals surface area contributed by atoms with Gasteiger partial charge in [-0.05, 0) is 26.0 Å². The number of anilines is 1. The molecule has 1 amide bonds. The van der Waals surface area contributed by atoms with E-state index in [9.17, 15) is 9.59 Å². The zero-order valence-electron chi connectivity index (χ0n) is 13.9. The summed E-state index contributed by atoms with van der Waals surface area (Å²) in [5.74, 6) is 0.899. The molecule has 0 spiro atoms. The van der Waals surface area contributed by atoms with Gasteiger partial charge in [0.2, 0.25) is 5.91 Å². The minimum atomic E-state index is -0.442. The third-order valence-electron chi connectivity index (χ3n) is 3.16. The van der Waals surface area contributed by atoms with Crippen molar-refractivity contribution in [1.82, 2.24) is 9.97 Å². The number of nitrogens with one attached hydrogen (secondary N) is 2. The summed E-state index contributed by atoms with van der Waals surface area (Å²) in [5, 5.41) is 2.77. The van der Waals surface area contributed by atoms with Crippen LogP contribution >= 0.6 is 11.8 Å². The quantitative estimate of drug-likeness (QED) is 0.613. The van der Waals surface area contributed by atoms with Gasteiger partial charge < -0.3 is 19.8 Å². The Morgan fingerprint density at radius 3 is 2.58 bits per heavy atom. The number of aromatic nitrogens is 2. The third kappa shape index (κ3) is 4.51. The highest BCUT2D eigenvalue weighted by Crippen LogP contribution is 2.30. The van der Waals surface area contributed by atoms with Crippen molar-refractivity contribution in [3.8, 4) is 11.5 Å². The van der Waals surface area contributed by atoms with Gasteiger partial charge in [-0.1, -0.05) is 11.8 Å². The first-order valence-corrected chi connectivity index (χ1v) is 8.08. The molecule has 0 aliphatic rings. The van der Waals surface area contributed by atoms with Crippen LogP contribution in [0.25, 0.3) is 0 Å². The van der Waals surface area contributed by atoms with E-state index < -0.39 is 5.25 Å². The average molecular weight is 349 g/mol. The molecule has 0 fully saturated rings. The molecule has 1 unspecified atom stereocenters. The zero-order valence-corrected chi connectivity index (χ0v) is 14.7. The van der Waals surface area contributed by atoms with Crippen LogP contribution in [-0.4, -0.2) is 35.3 Å². The van der Waals surface area contributed by atoms with Gasteiger partial charge in [0.15, 0.2) is 16.7 Å². The maximum Gasteiger partial charge on any atom is 0.251 e. The fourth-order valence-electron chi connectivity index (χ4n) is 1.99. The molecular formula is C16H19N3O4S. The number of nitrogens with zero attached hydrogens (tertiary/aromatic N) is 1. The van der Waals surface area contributed by atoms with E-state index in [1.807, 2.05) is 0 Å². The summed E-state index contributed by atoms with van der Waals surface area (Å²) < 4.78 is 10.4. The molecule has 1 heterocycles. The van der Waals surface area contributed by atoms with Crippen LogP contribution in [0, 0.1) is 6.92 Å². The summed E-state index contributed by atoms with van der Waals surface area (Å²) in [7, 11) is 3.08. The fraction of sp³-hybridized carbons (Fsp3) is 0.312. The van der Waals surface area contributed by atoms with Crippen molar-refractivity contribution in [3.05, 3.63) is 40.3 Å². The van der Waals surface area contributed by atoms with E-state index in [-0.39, 0.29) is 11.5 Å². The summed E-state index contributed by atoms with van der Waals surface area (Å²) in [6.07, 6.45) is 0. The Hall–Kier alpha value is -2.48. The first-order chi connectivity index (χ1) is 11.4.